The van der Waals surface area contributed by atoms with Crippen LogP contribution in [-0.4, -0.2) is 38.3 Å². The molecule has 2 rings (SSSR count). The number of hydrogen-bond acceptors (Lipinski definition) is 4. The molecule has 1 aromatic heterocycles. The molecule has 0 aromatic carbocycles. The summed E-state index contributed by atoms with van der Waals surface area (Å²) in [6, 6.07) is 5.97. The van der Waals surface area contributed by atoms with Gasteiger partial charge in [-0.25, -0.2) is 0 Å². The first kappa shape index (κ1) is 14.1. The van der Waals surface area contributed by atoms with Crippen LogP contribution in [0.1, 0.15) is 26.2 Å². The van der Waals surface area contributed by atoms with Crippen LogP contribution in [0.3, 0.4) is 0 Å². The molecule has 4 nitrogen and oxygen atoms in total. The van der Waals surface area contributed by atoms with Gasteiger partial charge >= 0.3 is 0 Å². The van der Waals surface area contributed by atoms with Crippen LogP contribution in [0, 0.1) is 5.92 Å². The second-order valence-corrected chi connectivity index (χ2v) is 5.17. The maximum Gasteiger partial charge on any atom is 0.214 e. The fourth-order valence-corrected chi connectivity index (χ4v) is 2.54. The Balaban J connectivity index is 1.82. The summed E-state index contributed by atoms with van der Waals surface area (Å²) in [5.41, 5.74) is 0. The van der Waals surface area contributed by atoms with Gasteiger partial charge in [0, 0.05) is 19.2 Å². The maximum absolute atomic E-state index is 5.18. The van der Waals surface area contributed by atoms with Gasteiger partial charge in [-0.05, 0) is 44.3 Å². The Bertz CT molecular complexity index is 375. The average Bonchev–Trinajstić information content (AvgIpc) is 2.48. The van der Waals surface area contributed by atoms with Gasteiger partial charge in [-0.15, -0.1) is 0 Å². The molecule has 4 heteroatoms. The molecule has 0 spiro atoms. The first-order valence-electron chi connectivity index (χ1n) is 7.30. The van der Waals surface area contributed by atoms with Crippen molar-refractivity contribution in [1.82, 2.24) is 10.3 Å². The van der Waals surface area contributed by atoms with Gasteiger partial charge in [-0.2, -0.15) is 4.98 Å². The summed E-state index contributed by atoms with van der Waals surface area (Å²) in [7, 11) is 1.66. The first-order chi connectivity index (χ1) is 9.33. The van der Waals surface area contributed by atoms with Gasteiger partial charge in [0.25, 0.3) is 0 Å². The van der Waals surface area contributed by atoms with Crippen LogP contribution in [0.15, 0.2) is 18.2 Å². The Kier molecular flexibility index (Phi) is 5.45. The lowest BCUT2D eigenvalue weighted by Gasteiger charge is -2.33. The highest BCUT2D eigenvalue weighted by atomic mass is 16.5. The van der Waals surface area contributed by atoms with Gasteiger partial charge in [0.1, 0.15) is 5.82 Å². The molecule has 1 N–H and O–H groups in total. The summed E-state index contributed by atoms with van der Waals surface area (Å²) in [4.78, 5) is 6.86. The fraction of sp³-hybridized carbons (Fsp3) is 0.667. The van der Waals surface area contributed by atoms with Crippen LogP contribution < -0.4 is 15.0 Å². The van der Waals surface area contributed by atoms with Crippen LogP contribution >= 0.6 is 0 Å². The summed E-state index contributed by atoms with van der Waals surface area (Å²) in [5, 5.41) is 3.52. The van der Waals surface area contributed by atoms with E-state index in [-0.39, 0.29) is 0 Å². The lowest BCUT2D eigenvalue weighted by molar-refractivity contribution is 0.378. The van der Waals surface area contributed by atoms with Crippen LogP contribution in [0.2, 0.25) is 0 Å². The minimum atomic E-state index is 0.698. The number of hydrogen-bond donors (Lipinski definition) is 1. The predicted octanol–water partition coefficient (Wildman–Crippen LogP) is 2.31. The van der Waals surface area contributed by atoms with Crippen molar-refractivity contribution in [1.29, 1.82) is 0 Å². The van der Waals surface area contributed by atoms with Crippen molar-refractivity contribution in [3.05, 3.63) is 18.2 Å². The Morgan fingerprint density at radius 1 is 1.37 bits per heavy atom. The third-order valence-corrected chi connectivity index (χ3v) is 3.72. The van der Waals surface area contributed by atoms with E-state index < -0.39 is 0 Å². The minimum Gasteiger partial charge on any atom is -0.481 e. The first-order valence-corrected chi connectivity index (χ1v) is 7.30. The Labute approximate surface area is 116 Å². The van der Waals surface area contributed by atoms with Crippen molar-refractivity contribution in [2.24, 2.45) is 5.92 Å². The largest absolute Gasteiger partial charge is 0.481 e. The Morgan fingerprint density at radius 2 is 2.16 bits per heavy atom. The number of methoxy groups -OCH3 is 1. The third kappa shape index (κ3) is 4.10. The second-order valence-electron chi connectivity index (χ2n) is 5.17. The Hall–Kier alpha value is -1.29. The highest BCUT2D eigenvalue weighted by Gasteiger charge is 2.19. The number of aromatic nitrogens is 1. The summed E-state index contributed by atoms with van der Waals surface area (Å²) < 4.78 is 5.18. The summed E-state index contributed by atoms with van der Waals surface area (Å²) >= 11 is 0. The van der Waals surface area contributed by atoms with Crippen molar-refractivity contribution < 1.29 is 4.74 Å². The molecule has 19 heavy (non-hydrogen) atoms. The molecule has 1 aliphatic rings. The van der Waals surface area contributed by atoms with Gasteiger partial charge < -0.3 is 15.0 Å². The predicted molar refractivity (Wildman–Crippen MR) is 78.9 cm³/mol. The SMILES string of the molecule is CCCNCC1CCN(c2cccc(OC)n2)CC1. The molecular formula is C15H25N3O. The van der Waals surface area contributed by atoms with E-state index >= 15 is 0 Å². The summed E-state index contributed by atoms with van der Waals surface area (Å²) in [6.07, 6.45) is 3.71. The van der Waals surface area contributed by atoms with E-state index in [0.717, 1.165) is 37.9 Å². The normalized spacial score (nSPS) is 16.6. The van der Waals surface area contributed by atoms with E-state index in [4.69, 9.17) is 4.74 Å². The number of piperidine rings is 1. The molecular weight excluding hydrogens is 238 g/mol. The molecule has 2 heterocycles. The molecule has 0 saturated carbocycles. The highest BCUT2D eigenvalue weighted by Crippen LogP contribution is 2.22. The van der Waals surface area contributed by atoms with Gasteiger partial charge in [-0.3, -0.25) is 0 Å². The van der Waals surface area contributed by atoms with Gasteiger partial charge in [0.2, 0.25) is 5.88 Å². The van der Waals surface area contributed by atoms with Crippen molar-refractivity contribution in [3.63, 3.8) is 0 Å². The Morgan fingerprint density at radius 3 is 2.84 bits per heavy atom. The molecule has 0 amide bonds. The topological polar surface area (TPSA) is 37.4 Å². The van der Waals surface area contributed by atoms with E-state index in [1.54, 1.807) is 7.11 Å². The number of rotatable bonds is 6. The summed E-state index contributed by atoms with van der Waals surface area (Å²) in [6.45, 7) is 6.70. The van der Waals surface area contributed by atoms with E-state index in [0.29, 0.717) is 5.88 Å². The number of nitrogens with one attached hydrogen (secondary N) is 1. The molecule has 1 saturated heterocycles. The van der Waals surface area contributed by atoms with Gasteiger partial charge in [-0.1, -0.05) is 13.0 Å². The zero-order valence-electron chi connectivity index (χ0n) is 12.1. The molecule has 0 atom stereocenters. The van der Waals surface area contributed by atoms with Gasteiger partial charge in [0.15, 0.2) is 0 Å². The lowest BCUT2D eigenvalue weighted by Crippen LogP contribution is -2.37. The minimum absolute atomic E-state index is 0.698. The quantitative estimate of drug-likeness (QED) is 0.799. The molecule has 1 fully saturated rings. The molecule has 0 bridgehead atoms. The van der Waals surface area contributed by atoms with E-state index in [1.807, 2.05) is 12.1 Å². The number of anilines is 1. The van der Waals surface area contributed by atoms with Gasteiger partial charge in [0.05, 0.1) is 7.11 Å². The zero-order valence-corrected chi connectivity index (χ0v) is 12.1. The van der Waals surface area contributed by atoms with E-state index in [2.05, 4.69) is 28.2 Å². The standard InChI is InChI=1S/C15H25N3O/c1-3-9-16-12-13-7-10-18(11-8-13)14-5-4-6-15(17-14)19-2/h4-6,13,16H,3,7-12H2,1-2H3. The van der Waals surface area contributed by atoms with E-state index in [1.165, 1.54) is 19.3 Å². The maximum atomic E-state index is 5.18. The molecule has 1 aliphatic heterocycles. The highest BCUT2D eigenvalue weighted by molar-refractivity contribution is 5.41. The molecule has 106 valence electrons. The molecule has 1 aromatic rings. The molecule has 0 radical (unpaired) electrons. The monoisotopic (exact) mass is 263 g/mol. The molecule has 0 unspecified atom stereocenters. The smallest absolute Gasteiger partial charge is 0.214 e. The van der Waals surface area contributed by atoms with Crippen molar-refractivity contribution in [2.45, 2.75) is 26.2 Å². The lowest BCUT2D eigenvalue weighted by atomic mass is 9.97. The van der Waals surface area contributed by atoms with E-state index in [9.17, 15) is 0 Å². The van der Waals surface area contributed by atoms with Crippen molar-refractivity contribution in [2.75, 3.05) is 38.2 Å². The van der Waals surface area contributed by atoms with Crippen molar-refractivity contribution in [3.8, 4) is 5.88 Å². The molecule has 0 aliphatic carbocycles. The second kappa shape index (κ2) is 7.34. The van der Waals surface area contributed by atoms with Crippen LogP contribution in [-0.2, 0) is 0 Å². The fourth-order valence-electron chi connectivity index (χ4n) is 2.54. The number of pyridine rings is 1. The third-order valence-electron chi connectivity index (χ3n) is 3.72. The summed E-state index contributed by atoms with van der Waals surface area (Å²) in [5.74, 6) is 2.55. The van der Waals surface area contributed by atoms with Crippen LogP contribution in [0.25, 0.3) is 0 Å². The van der Waals surface area contributed by atoms with Crippen molar-refractivity contribution >= 4 is 5.82 Å². The van der Waals surface area contributed by atoms with Crippen LogP contribution in [0.5, 0.6) is 5.88 Å². The number of nitrogens with zero attached hydrogens (tertiary/aromatic N) is 2. The number of ether oxygens (including phenoxy) is 1. The van der Waals surface area contributed by atoms with Crippen LogP contribution in [0.4, 0.5) is 5.82 Å². The average molecular weight is 263 g/mol. The zero-order chi connectivity index (χ0) is 13.5.